The van der Waals surface area contributed by atoms with Crippen LogP contribution in [0.2, 0.25) is 5.02 Å². The van der Waals surface area contributed by atoms with E-state index in [1.54, 1.807) is 24.3 Å². The highest BCUT2D eigenvalue weighted by atomic mass is 35.5. The van der Waals surface area contributed by atoms with E-state index in [-0.39, 0.29) is 24.0 Å². The van der Waals surface area contributed by atoms with Crippen molar-refractivity contribution >= 4 is 21.6 Å². The maximum Gasteiger partial charge on any atom is 0.243 e. The molecule has 0 aliphatic carbocycles. The lowest BCUT2D eigenvalue weighted by Gasteiger charge is -2.24. The first-order valence-electron chi connectivity index (χ1n) is 7.82. The Morgan fingerprint density at radius 2 is 1.96 bits per heavy atom. The minimum Gasteiger partial charge on any atom is -0.468 e. The van der Waals surface area contributed by atoms with Gasteiger partial charge in [0.25, 0.3) is 0 Å². The summed E-state index contributed by atoms with van der Waals surface area (Å²) in [7, 11) is -3.66. The van der Waals surface area contributed by atoms with Crippen LogP contribution in [0.5, 0.6) is 0 Å². The van der Waals surface area contributed by atoms with E-state index in [2.05, 4.69) is 0 Å². The highest BCUT2D eigenvalue weighted by Crippen LogP contribution is 2.22. The predicted octanol–water partition coefficient (Wildman–Crippen LogP) is 3.53. The average molecular weight is 372 g/mol. The molecule has 1 aromatic heterocycles. The molecular weight excluding hydrogens is 350 g/mol. The summed E-state index contributed by atoms with van der Waals surface area (Å²) >= 11 is 5.85. The molecular formula is C17H22ClNO4S. The molecule has 0 saturated carbocycles. The van der Waals surface area contributed by atoms with Crippen LogP contribution < -0.4 is 0 Å². The standard InChI is InChI=1S/C17H22ClNO4S/c1-14(4-2-10-20)12-19(13-16-5-3-11-23-16)24(21,22)17-8-6-15(18)7-9-17/h3,5-9,11,14,20H,2,4,10,12-13H2,1H3/t14-/m0/s1. The lowest BCUT2D eigenvalue weighted by atomic mass is 10.1. The molecule has 2 rings (SSSR count). The van der Waals surface area contributed by atoms with Crippen LogP contribution in [0, 0.1) is 5.92 Å². The van der Waals surface area contributed by atoms with Crippen LogP contribution >= 0.6 is 11.6 Å². The monoisotopic (exact) mass is 371 g/mol. The topological polar surface area (TPSA) is 70.8 Å². The van der Waals surface area contributed by atoms with E-state index in [0.29, 0.717) is 23.7 Å². The van der Waals surface area contributed by atoms with Crippen LogP contribution in [-0.4, -0.2) is 31.0 Å². The quantitative estimate of drug-likeness (QED) is 0.732. The van der Waals surface area contributed by atoms with Gasteiger partial charge in [0.1, 0.15) is 5.76 Å². The molecule has 0 bridgehead atoms. The number of rotatable bonds is 9. The molecule has 0 radical (unpaired) electrons. The first-order valence-corrected chi connectivity index (χ1v) is 9.64. The molecule has 1 heterocycles. The summed E-state index contributed by atoms with van der Waals surface area (Å²) in [6, 6.07) is 9.63. The highest BCUT2D eigenvalue weighted by Gasteiger charge is 2.27. The number of benzene rings is 1. The molecule has 0 amide bonds. The summed E-state index contributed by atoms with van der Waals surface area (Å²) in [5, 5.41) is 9.45. The summed E-state index contributed by atoms with van der Waals surface area (Å²) in [4.78, 5) is 0.202. The zero-order valence-electron chi connectivity index (χ0n) is 13.6. The molecule has 0 spiro atoms. The molecule has 0 aliphatic heterocycles. The van der Waals surface area contributed by atoms with Gasteiger partial charge in [-0.2, -0.15) is 4.31 Å². The third-order valence-electron chi connectivity index (χ3n) is 3.73. The Kier molecular flexibility index (Phi) is 6.86. The first kappa shape index (κ1) is 19.0. The van der Waals surface area contributed by atoms with E-state index >= 15 is 0 Å². The van der Waals surface area contributed by atoms with Crippen LogP contribution in [0.15, 0.2) is 52.0 Å². The van der Waals surface area contributed by atoms with Gasteiger partial charge in [0.2, 0.25) is 10.0 Å². The Hall–Kier alpha value is -1.34. The van der Waals surface area contributed by atoms with Gasteiger partial charge in [-0.25, -0.2) is 8.42 Å². The Morgan fingerprint density at radius 1 is 1.25 bits per heavy atom. The van der Waals surface area contributed by atoms with Crippen molar-refractivity contribution in [2.45, 2.75) is 31.2 Å². The second kappa shape index (κ2) is 8.67. The van der Waals surface area contributed by atoms with Crippen molar-refractivity contribution in [2.24, 2.45) is 5.92 Å². The number of hydrogen-bond acceptors (Lipinski definition) is 4. The normalized spacial score (nSPS) is 13.3. The van der Waals surface area contributed by atoms with Crippen molar-refractivity contribution in [2.75, 3.05) is 13.2 Å². The van der Waals surface area contributed by atoms with Gasteiger partial charge in [-0.3, -0.25) is 0 Å². The van der Waals surface area contributed by atoms with Gasteiger partial charge in [-0.05, 0) is 55.2 Å². The van der Waals surface area contributed by atoms with Crippen molar-refractivity contribution in [3.8, 4) is 0 Å². The smallest absolute Gasteiger partial charge is 0.243 e. The largest absolute Gasteiger partial charge is 0.468 e. The Bertz CT molecular complexity index is 714. The van der Waals surface area contributed by atoms with E-state index < -0.39 is 10.0 Å². The second-order valence-corrected chi connectivity index (χ2v) is 8.18. The lowest BCUT2D eigenvalue weighted by molar-refractivity contribution is 0.258. The summed E-state index contributed by atoms with van der Waals surface area (Å²) in [6.45, 7) is 2.60. The van der Waals surface area contributed by atoms with Gasteiger partial charge in [0.15, 0.2) is 0 Å². The van der Waals surface area contributed by atoms with Crippen molar-refractivity contribution in [3.05, 3.63) is 53.4 Å². The maximum absolute atomic E-state index is 13.0. The van der Waals surface area contributed by atoms with E-state index in [9.17, 15) is 8.42 Å². The lowest BCUT2D eigenvalue weighted by Crippen LogP contribution is -2.34. The number of aliphatic hydroxyl groups is 1. The predicted molar refractivity (Wildman–Crippen MR) is 93.2 cm³/mol. The molecule has 24 heavy (non-hydrogen) atoms. The molecule has 5 nitrogen and oxygen atoms in total. The Balaban J connectivity index is 2.24. The molecule has 1 aromatic carbocycles. The zero-order chi connectivity index (χ0) is 17.6. The maximum atomic E-state index is 13.0. The van der Waals surface area contributed by atoms with Gasteiger partial charge in [0.05, 0.1) is 17.7 Å². The molecule has 7 heteroatoms. The fourth-order valence-corrected chi connectivity index (χ4v) is 4.11. The molecule has 1 N–H and O–H groups in total. The third kappa shape index (κ3) is 5.08. The van der Waals surface area contributed by atoms with Crippen molar-refractivity contribution < 1.29 is 17.9 Å². The molecule has 1 atom stereocenters. The summed E-state index contributed by atoms with van der Waals surface area (Å²) in [6.07, 6.45) is 2.93. The SMILES string of the molecule is C[C@@H](CCCO)CN(Cc1ccco1)S(=O)(=O)c1ccc(Cl)cc1. The Labute approximate surface area is 147 Å². The van der Waals surface area contributed by atoms with Gasteiger partial charge < -0.3 is 9.52 Å². The minimum absolute atomic E-state index is 0.104. The fourth-order valence-electron chi connectivity index (χ4n) is 2.46. The van der Waals surface area contributed by atoms with Crippen molar-refractivity contribution in [3.63, 3.8) is 0 Å². The molecule has 0 unspecified atom stereocenters. The molecule has 0 aliphatic rings. The van der Waals surface area contributed by atoms with Gasteiger partial charge in [-0.1, -0.05) is 18.5 Å². The van der Waals surface area contributed by atoms with Crippen LogP contribution in [0.1, 0.15) is 25.5 Å². The first-order chi connectivity index (χ1) is 11.4. The average Bonchev–Trinajstić information content (AvgIpc) is 3.06. The second-order valence-electron chi connectivity index (χ2n) is 5.80. The molecule has 2 aromatic rings. The van der Waals surface area contributed by atoms with E-state index in [0.717, 1.165) is 6.42 Å². The Morgan fingerprint density at radius 3 is 2.54 bits per heavy atom. The zero-order valence-corrected chi connectivity index (χ0v) is 15.1. The van der Waals surface area contributed by atoms with Crippen LogP contribution in [0.4, 0.5) is 0 Å². The number of furan rings is 1. The molecule has 0 saturated heterocycles. The fraction of sp³-hybridized carbons (Fsp3) is 0.412. The van der Waals surface area contributed by atoms with E-state index in [4.69, 9.17) is 21.1 Å². The van der Waals surface area contributed by atoms with E-state index in [1.165, 1.54) is 22.7 Å². The number of nitrogens with zero attached hydrogens (tertiary/aromatic N) is 1. The van der Waals surface area contributed by atoms with Crippen LogP contribution in [0.25, 0.3) is 0 Å². The van der Waals surface area contributed by atoms with E-state index in [1.807, 2.05) is 6.92 Å². The molecule has 132 valence electrons. The molecule has 0 fully saturated rings. The summed E-state index contributed by atoms with van der Waals surface area (Å²) < 4.78 is 32.7. The van der Waals surface area contributed by atoms with Crippen LogP contribution in [0.3, 0.4) is 0 Å². The van der Waals surface area contributed by atoms with Gasteiger partial charge in [0, 0.05) is 18.2 Å². The highest BCUT2D eigenvalue weighted by molar-refractivity contribution is 7.89. The van der Waals surface area contributed by atoms with Crippen molar-refractivity contribution in [1.82, 2.24) is 4.31 Å². The minimum atomic E-state index is -3.66. The van der Waals surface area contributed by atoms with Crippen molar-refractivity contribution in [1.29, 1.82) is 0 Å². The number of aliphatic hydroxyl groups excluding tert-OH is 1. The van der Waals surface area contributed by atoms with Gasteiger partial charge >= 0.3 is 0 Å². The number of halogens is 1. The summed E-state index contributed by atoms with van der Waals surface area (Å²) in [5.74, 6) is 0.705. The van der Waals surface area contributed by atoms with Gasteiger partial charge in [-0.15, -0.1) is 0 Å². The summed E-state index contributed by atoms with van der Waals surface area (Å²) in [5.41, 5.74) is 0. The number of hydrogen-bond donors (Lipinski definition) is 1. The number of sulfonamides is 1. The third-order valence-corrected chi connectivity index (χ3v) is 5.81. The van der Waals surface area contributed by atoms with Crippen LogP contribution in [-0.2, 0) is 16.6 Å².